The number of imidazole rings is 1. The smallest absolute Gasteiger partial charge is 0.318 e. The maximum Gasteiger partial charge on any atom is 0.318 e. The van der Waals surface area contributed by atoms with Crippen molar-refractivity contribution in [3.8, 4) is 6.07 Å². The number of nitrogens with zero attached hydrogens (tertiary/aromatic N) is 7. The van der Waals surface area contributed by atoms with Crippen LogP contribution in [-0.2, 0) is 4.74 Å². The third kappa shape index (κ3) is 5.15. The molecule has 3 fully saturated rings. The highest BCUT2D eigenvalue weighted by molar-refractivity contribution is 5.93. The third-order valence-electron chi connectivity index (χ3n) is 8.77. The minimum Gasteiger partial charge on any atom is -0.382 e. The van der Waals surface area contributed by atoms with Crippen LogP contribution in [-0.4, -0.2) is 74.0 Å². The lowest BCUT2D eigenvalue weighted by Gasteiger charge is -2.33. The molecule has 6 rings (SSSR count). The monoisotopic (exact) mass is 583 g/mol. The zero-order valence-electron chi connectivity index (χ0n) is 23.2. The first-order valence-corrected chi connectivity index (χ1v) is 13.9. The Kier molecular flexibility index (Phi) is 7.04. The van der Waals surface area contributed by atoms with Gasteiger partial charge in [-0.3, -0.25) is 4.79 Å². The summed E-state index contributed by atoms with van der Waals surface area (Å²) in [6, 6.07) is 2.44. The van der Waals surface area contributed by atoms with Crippen molar-refractivity contribution >= 4 is 17.6 Å². The summed E-state index contributed by atoms with van der Waals surface area (Å²) in [7, 11) is 1.54. The van der Waals surface area contributed by atoms with Crippen LogP contribution >= 0.6 is 0 Å². The molecule has 0 aromatic carbocycles. The van der Waals surface area contributed by atoms with Gasteiger partial charge in [0, 0.05) is 32.1 Å². The minimum atomic E-state index is -2.74. The number of methoxy groups -OCH3 is 1. The van der Waals surface area contributed by atoms with E-state index in [1.165, 1.54) is 0 Å². The quantitative estimate of drug-likeness (QED) is 0.385. The van der Waals surface area contributed by atoms with Crippen molar-refractivity contribution in [2.24, 2.45) is 11.3 Å². The molecule has 13 nitrogen and oxygen atoms in total. The van der Waals surface area contributed by atoms with Gasteiger partial charge in [-0.25, -0.2) is 27.7 Å². The number of amides is 3. The topological polar surface area (TPSA) is 164 Å². The highest BCUT2D eigenvalue weighted by atomic mass is 19.3. The van der Waals surface area contributed by atoms with E-state index in [1.807, 2.05) is 0 Å². The van der Waals surface area contributed by atoms with Crippen molar-refractivity contribution in [1.29, 1.82) is 5.26 Å². The van der Waals surface area contributed by atoms with Gasteiger partial charge in [0.2, 0.25) is 5.92 Å². The number of alkyl halides is 2. The number of nitrogens with one attached hydrogen (secondary N) is 2. The first-order valence-electron chi connectivity index (χ1n) is 13.9. The summed E-state index contributed by atoms with van der Waals surface area (Å²) in [5.41, 5.74) is 1.40. The van der Waals surface area contributed by atoms with Crippen molar-refractivity contribution in [2.45, 2.75) is 69.5 Å². The number of hydrogen-bond acceptors (Lipinski definition) is 9. The number of nitriles is 1. The third-order valence-corrected chi connectivity index (χ3v) is 8.77. The highest BCUT2D eigenvalue weighted by Crippen LogP contribution is 2.50. The SMILES string of the molecule is COCC(c1cnn2cc(C(NC(=O)c3nonc3C)C3CCC(F)(F)CC3)nc2c1)N1CC(C2(C#N)CC2)NC1=O. The van der Waals surface area contributed by atoms with Gasteiger partial charge in [-0.2, -0.15) is 10.4 Å². The normalized spacial score (nSPS) is 22.9. The Morgan fingerprint density at radius 2 is 2.07 bits per heavy atom. The molecule has 3 aliphatic rings. The van der Waals surface area contributed by atoms with Crippen molar-refractivity contribution in [1.82, 2.24) is 40.4 Å². The van der Waals surface area contributed by atoms with Gasteiger partial charge >= 0.3 is 6.03 Å². The number of carbonyl (C=O) groups excluding carboxylic acids is 2. The molecule has 1 aliphatic heterocycles. The molecule has 3 aromatic rings. The number of fused-ring (bicyclic) bond motifs is 1. The van der Waals surface area contributed by atoms with Crippen LogP contribution in [0.4, 0.5) is 13.6 Å². The van der Waals surface area contributed by atoms with Gasteiger partial charge in [0.15, 0.2) is 11.3 Å². The molecule has 4 heterocycles. The van der Waals surface area contributed by atoms with E-state index in [4.69, 9.17) is 9.72 Å². The molecular formula is C27H31F2N9O4. The number of aromatic nitrogens is 5. The van der Waals surface area contributed by atoms with Gasteiger partial charge in [0.05, 0.1) is 54.3 Å². The number of ether oxygens (including phenoxy) is 1. The lowest BCUT2D eigenvalue weighted by atomic mass is 9.81. The fraction of sp³-hybridized carbons (Fsp3) is 0.593. The fourth-order valence-corrected chi connectivity index (χ4v) is 6.05. The lowest BCUT2D eigenvalue weighted by molar-refractivity contribution is -0.0495. The van der Waals surface area contributed by atoms with Gasteiger partial charge in [0.25, 0.3) is 5.91 Å². The van der Waals surface area contributed by atoms with Crippen LogP contribution in [0.25, 0.3) is 5.65 Å². The van der Waals surface area contributed by atoms with Crippen molar-refractivity contribution < 1.29 is 27.7 Å². The molecule has 0 bridgehead atoms. The summed E-state index contributed by atoms with van der Waals surface area (Å²) < 4.78 is 39.7. The maximum atomic E-state index is 14.0. The molecule has 3 atom stereocenters. The Morgan fingerprint density at radius 3 is 2.71 bits per heavy atom. The van der Waals surface area contributed by atoms with Crippen LogP contribution in [0.2, 0.25) is 0 Å². The molecule has 42 heavy (non-hydrogen) atoms. The largest absolute Gasteiger partial charge is 0.382 e. The first kappa shape index (κ1) is 28.0. The Labute approximate surface area is 239 Å². The predicted octanol–water partition coefficient (Wildman–Crippen LogP) is 3.10. The van der Waals surface area contributed by atoms with Crippen molar-refractivity contribution in [3.63, 3.8) is 0 Å². The second kappa shape index (κ2) is 10.6. The van der Waals surface area contributed by atoms with Gasteiger partial charge < -0.3 is 20.3 Å². The van der Waals surface area contributed by atoms with Crippen LogP contribution in [0.15, 0.2) is 23.1 Å². The second-order valence-corrected chi connectivity index (χ2v) is 11.5. The zero-order chi connectivity index (χ0) is 29.6. The molecule has 2 N–H and O–H groups in total. The van der Waals surface area contributed by atoms with Gasteiger partial charge in [-0.1, -0.05) is 5.16 Å². The van der Waals surface area contributed by atoms with Gasteiger partial charge in [0.1, 0.15) is 5.69 Å². The molecule has 2 saturated carbocycles. The maximum absolute atomic E-state index is 14.0. The number of carbonyl (C=O) groups is 2. The van der Waals surface area contributed by atoms with E-state index in [9.17, 15) is 23.6 Å². The van der Waals surface area contributed by atoms with Crippen LogP contribution in [0.5, 0.6) is 0 Å². The second-order valence-electron chi connectivity index (χ2n) is 11.5. The van der Waals surface area contributed by atoms with E-state index in [0.29, 0.717) is 29.1 Å². The Hall–Kier alpha value is -4.19. The van der Waals surface area contributed by atoms with Gasteiger partial charge in [-0.05, 0) is 49.7 Å². The molecule has 0 spiro atoms. The Bertz CT molecular complexity index is 1540. The predicted molar refractivity (Wildman–Crippen MR) is 140 cm³/mol. The molecule has 3 unspecified atom stereocenters. The minimum absolute atomic E-state index is 0.0132. The summed E-state index contributed by atoms with van der Waals surface area (Å²) in [6.45, 7) is 2.15. The summed E-state index contributed by atoms with van der Waals surface area (Å²) >= 11 is 0. The number of aryl methyl sites for hydroxylation is 1. The molecule has 3 aromatic heterocycles. The summed E-state index contributed by atoms with van der Waals surface area (Å²) in [5.74, 6) is -3.57. The molecular weight excluding hydrogens is 552 g/mol. The number of halogens is 2. The van der Waals surface area contributed by atoms with Crippen LogP contribution in [0.1, 0.15) is 78.0 Å². The molecule has 15 heteroatoms. The standard InChI is InChI=1S/C27H31F2N9O4/c1-15-22(36-42-35-15)24(39)34-23(16-3-5-27(28,29)6-4-16)18-11-38-21(32-18)9-17(10-31-38)19(13-41-2)37-12-20(33-25(37)40)26(14-30)7-8-26/h9-11,16,19-20,23H,3-8,12-13H2,1-2H3,(H,33,40)(H,34,39). The molecule has 222 valence electrons. The van der Waals surface area contributed by atoms with Crippen LogP contribution < -0.4 is 10.6 Å². The van der Waals surface area contributed by atoms with Crippen LogP contribution in [0.3, 0.4) is 0 Å². The van der Waals surface area contributed by atoms with Crippen LogP contribution in [0, 0.1) is 29.6 Å². The zero-order valence-corrected chi connectivity index (χ0v) is 23.2. The van der Waals surface area contributed by atoms with E-state index in [2.05, 4.69) is 36.7 Å². The van der Waals surface area contributed by atoms with E-state index < -0.39 is 29.3 Å². The fourth-order valence-electron chi connectivity index (χ4n) is 6.05. The van der Waals surface area contributed by atoms with E-state index in [-0.39, 0.29) is 56.0 Å². The average Bonchev–Trinajstić information content (AvgIpc) is 3.24. The average molecular weight is 584 g/mol. The lowest BCUT2D eigenvalue weighted by Crippen LogP contribution is -2.37. The molecule has 3 amide bonds. The molecule has 0 radical (unpaired) electrons. The number of hydrogen-bond donors (Lipinski definition) is 2. The van der Waals surface area contributed by atoms with E-state index >= 15 is 0 Å². The molecule has 2 aliphatic carbocycles. The Morgan fingerprint density at radius 1 is 1.31 bits per heavy atom. The highest BCUT2D eigenvalue weighted by Gasteiger charge is 2.54. The summed E-state index contributed by atoms with van der Waals surface area (Å²) in [4.78, 5) is 32.4. The number of rotatable bonds is 9. The summed E-state index contributed by atoms with van der Waals surface area (Å²) in [6.07, 6.45) is 4.63. The van der Waals surface area contributed by atoms with E-state index in [1.54, 1.807) is 41.9 Å². The molecule has 1 saturated heterocycles. The van der Waals surface area contributed by atoms with E-state index in [0.717, 1.165) is 12.8 Å². The van der Waals surface area contributed by atoms with Gasteiger partial charge in [-0.15, -0.1) is 0 Å². The summed E-state index contributed by atoms with van der Waals surface area (Å²) in [5, 5.41) is 27.3. The number of urea groups is 1. The van der Waals surface area contributed by atoms with Crippen molar-refractivity contribution in [3.05, 3.63) is 41.1 Å². The first-order chi connectivity index (χ1) is 20.1. The van der Waals surface area contributed by atoms with Crippen molar-refractivity contribution in [2.75, 3.05) is 20.3 Å². The Balaban J connectivity index is 1.29.